The fourth-order valence-electron chi connectivity index (χ4n) is 2.95. The second kappa shape index (κ2) is 9.71. The molecule has 0 aliphatic rings. The van der Waals surface area contributed by atoms with Crippen molar-refractivity contribution in [3.8, 4) is 23.0 Å². The van der Waals surface area contributed by atoms with Gasteiger partial charge in [0, 0.05) is 18.2 Å². The molecule has 0 amide bonds. The minimum absolute atomic E-state index is 0.161. The molecular weight excluding hydrogens is 547 g/mol. The Labute approximate surface area is 204 Å². The van der Waals surface area contributed by atoms with Gasteiger partial charge in [-0.05, 0) is 24.3 Å². The first-order chi connectivity index (χ1) is 17.3. The summed E-state index contributed by atoms with van der Waals surface area (Å²) in [6.07, 6.45) is -15.3. The van der Waals surface area contributed by atoms with Gasteiger partial charge in [0.25, 0.3) is 11.4 Å². The summed E-state index contributed by atoms with van der Waals surface area (Å²) in [5, 5.41) is 22.0. The SMILES string of the molecule is O=[N+]([O-])c1cc(Oc2cc(Oc3cc([N+](=O)[O-])cc(C(F)(F)F)c3)cc(C(F)(F)F)c2)cc(C(F)(F)F)c1. The highest BCUT2D eigenvalue weighted by molar-refractivity contribution is 5.50. The van der Waals surface area contributed by atoms with E-state index in [1.807, 2.05) is 0 Å². The summed E-state index contributed by atoms with van der Waals surface area (Å²) >= 11 is 0. The zero-order valence-electron chi connectivity index (χ0n) is 17.9. The van der Waals surface area contributed by atoms with E-state index in [4.69, 9.17) is 9.47 Å². The van der Waals surface area contributed by atoms with Crippen LogP contribution in [0, 0.1) is 20.2 Å². The molecule has 0 saturated carbocycles. The molecule has 0 saturated heterocycles. The van der Waals surface area contributed by atoms with Gasteiger partial charge in [0.05, 0.1) is 38.7 Å². The Bertz CT molecular complexity index is 1310. The molecule has 3 rings (SSSR count). The molecule has 0 spiro atoms. The number of alkyl halides is 9. The molecule has 17 heteroatoms. The van der Waals surface area contributed by atoms with Gasteiger partial charge in [-0.1, -0.05) is 0 Å². The minimum Gasteiger partial charge on any atom is -0.457 e. The molecule has 0 heterocycles. The van der Waals surface area contributed by atoms with E-state index in [1.165, 1.54) is 0 Å². The Hall–Kier alpha value is -4.57. The number of benzene rings is 3. The summed E-state index contributed by atoms with van der Waals surface area (Å²) in [5.74, 6) is -3.53. The molecule has 8 nitrogen and oxygen atoms in total. The molecule has 0 atom stereocenters. The third kappa shape index (κ3) is 6.80. The van der Waals surface area contributed by atoms with Gasteiger partial charge in [-0.15, -0.1) is 0 Å². The van der Waals surface area contributed by atoms with Crippen LogP contribution in [0.1, 0.15) is 16.7 Å². The van der Waals surface area contributed by atoms with E-state index in [0.29, 0.717) is 18.2 Å². The number of nitro groups is 2. The average molecular weight is 556 g/mol. The van der Waals surface area contributed by atoms with Crippen molar-refractivity contribution in [2.24, 2.45) is 0 Å². The molecule has 3 aromatic carbocycles. The van der Waals surface area contributed by atoms with Crippen LogP contribution in [0.5, 0.6) is 23.0 Å². The first kappa shape index (κ1) is 28.0. The average Bonchev–Trinajstić information content (AvgIpc) is 2.76. The van der Waals surface area contributed by atoms with E-state index < -0.39 is 79.4 Å². The van der Waals surface area contributed by atoms with Gasteiger partial charge in [0.1, 0.15) is 23.0 Å². The lowest BCUT2D eigenvalue weighted by molar-refractivity contribution is -0.385. The van der Waals surface area contributed by atoms with Crippen LogP contribution in [0.15, 0.2) is 54.6 Å². The predicted octanol–water partition coefficient (Wildman–Crippen LogP) is 8.14. The molecule has 0 bridgehead atoms. The molecule has 202 valence electrons. The fraction of sp³-hybridized carbons (Fsp3) is 0.143. The van der Waals surface area contributed by atoms with Crippen LogP contribution in [-0.2, 0) is 18.5 Å². The lowest BCUT2D eigenvalue weighted by Gasteiger charge is -2.15. The highest BCUT2D eigenvalue weighted by Crippen LogP contribution is 2.41. The highest BCUT2D eigenvalue weighted by Gasteiger charge is 2.35. The zero-order valence-corrected chi connectivity index (χ0v) is 17.9. The minimum atomic E-state index is -5.13. The van der Waals surface area contributed by atoms with E-state index in [0.717, 1.165) is 0 Å². The molecule has 0 N–H and O–H groups in total. The van der Waals surface area contributed by atoms with Crippen molar-refractivity contribution in [2.75, 3.05) is 0 Å². The molecule has 0 fully saturated rings. The van der Waals surface area contributed by atoms with Crippen LogP contribution >= 0.6 is 0 Å². The van der Waals surface area contributed by atoms with Crippen LogP contribution in [-0.4, -0.2) is 9.85 Å². The van der Waals surface area contributed by atoms with Crippen LogP contribution in [0.4, 0.5) is 50.9 Å². The summed E-state index contributed by atoms with van der Waals surface area (Å²) in [7, 11) is 0. The molecule has 0 unspecified atom stereocenters. The quantitative estimate of drug-likeness (QED) is 0.172. The Morgan fingerprint density at radius 1 is 0.474 bits per heavy atom. The normalized spacial score (nSPS) is 12.2. The van der Waals surface area contributed by atoms with Gasteiger partial charge in [0.2, 0.25) is 0 Å². The lowest BCUT2D eigenvalue weighted by atomic mass is 10.1. The van der Waals surface area contributed by atoms with E-state index in [9.17, 15) is 59.7 Å². The smallest absolute Gasteiger partial charge is 0.416 e. The third-order valence-electron chi connectivity index (χ3n) is 4.54. The summed E-state index contributed by atoms with van der Waals surface area (Å²) in [5.41, 5.74) is -6.85. The van der Waals surface area contributed by atoms with Gasteiger partial charge in [-0.3, -0.25) is 20.2 Å². The van der Waals surface area contributed by atoms with Crippen molar-refractivity contribution in [2.45, 2.75) is 18.5 Å². The van der Waals surface area contributed by atoms with Gasteiger partial charge >= 0.3 is 18.5 Å². The van der Waals surface area contributed by atoms with Crippen molar-refractivity contribution in [1.29, 1.82) is 0 Å². The number of ether oxygens (including phenoxy) is 2. The number of nitrogens with zero attached hydrogens (tertiary/aromatic N) is 2. The van der Waals surface area contributed by atoms with Crippen molar-refractivity contribution in [3.05, 3.63) is 91.5 Å². The molecule has 0 radical (unpaired) electrons. The highest BCUT2D eigenvalue weighted by atomic mass is 19.4. The number of rotatable bonds is 6. The van der Waals surface area contributed by atoms with Gasteiger partial charge < -0.3 is 9.47 Å². The van der Waals surface area contributed by atoms with Crippen molar-refractivity contribution < 1.29 is 58.8 Å². The van der Waals surface area contributed by atoms with Crippen molar-refractivity contribution in [3.63, 3.8) is 0 Å². The lowest BCUT2D eigenvalue weighted by Crippen LogP contribution is -2.07. The summed E-state index contributed by atoms with van der Waals surface area (Å²) in [4.78, 5) is 19.6. The van der Waals surface area contributed by atoms with Gasteiger partial charge in [-0.25, -0.2) is 0 Å². The summed E-state index contributed by atoms with van der Waals surface area (Å²) in [6.45, 7) is 0. The van der Waals surface area contributed by atoms with Crippen molar-refractivity contribution in [1.82, 2.24) is 0 Å². The second-order valence-corrected chi connectivity index (χ2v) is 7.34. The summed E-state index contributed by atoms with van der Waals surface area (Å²) < 4.78 is 129. The second-order valence-electron chi connectivity index (χ2n) is 7.34. The molecule has 0 aliphatic heterocycles. The maximum atomic E-state index is 13.4. The summed E-state index contributed by atoms with van der Waals surface area (Å²) in [6, 6.07) is 3.03. The molecular formula is C21H9F9N2O6. The Morgan fingerprint density at radius 2 is 0.737 bits per heavy atom. The molecule has 3 aromatic rings. The number of nitro benzene ring substituents is 2. The zero-order chi connectivity index (χ0) is 28.6. The van der Waals surface area contributed by atoms with E-state index in [-0.39, 0.29) is 36.4 Å². The maximum absolute atomic E-state index is 13.4. The van der Waals surface area contributed by atoms with Gasteiger partial charge in [-0.2, -0.15) is 39.5 Å². The van der Waals surface area contributed by atoms with E-state index >= 15 is 0 Å². The third-order valence-corrected chi connectivity index (χ3v) is 4.54. The van der Waals surface area contributed by atoms with E-state index in [1.54, 1.807) is 0 Å². The largest absolute Gasteiger partial charge is 0.457 e. The predicted molar refractivity (Wildman–Crippen MR) is 108 cm³/mol. The maximum Gasteiger partial charge on any atom is 0.416 e. The Morgan fingerprint density at radius 3 is 1.00 bits per heavy atom. The van der Waals surface area contributed by atoms with Crippen LogP contribution < -0.4 is 9.47 Å². The fourth-order valence-corrected chi connectivity index (χ4v) is 2.95. The Balaban J connectivity index is 2.10. The standard InChI is InChI=1S/C21H9F9N2O6/c22-19(23,24)10-1-13(31(33)34)7-15(3-10)37-17-5-12(21(28,29)30)6-18(9-17)38-16-4-11(20(25,26)27)2-14(8-16)32(35)36/h1-9H. The Kier molecular flexibility index (Phi) is 7.16. The molecule has 0 aliphatic carbocycles. The van der Waals surface area contributed by atoms with Gasteiger partial charge in [0.15, 0.2) is 0 Å². The number of non-ortho nitro benzene ring substituents is 2. The van der Waals surface area contributed by atoms with Crippen LogP contribution in [0.25, 0.3) is 0 Å². The van der Waals surface area contributed by atoms with Crippen LogP contribution in [0.2, 0.25) is 0 Å². The topological polar surface area (TPSA) is 105 Å². The van der Waals surface area contributed by atoms with Crippen molar-refractivity contribution >= 4 is 11.4 Å². The van der Waals surface area contributed by atoms with Crippen LogP contribution in [0.3, 0.4) is 0 Å². The van der Waals surface area contributed by atoms with E-state index in [2.05, 4.69) is 0 Å². The molecule has 0 aromatic heterocycles. The number of hydrogen-bond donors (Lipinski definition) is 0. The molecule has 38 heavy (non-hydrogen) atoms. The first-order valence-electron chi connectivity index (χ1n) is 9.64. The first-order valence-corrected chi connectivity index (χ1v) is 9.64. The number of halogens is 9. The number of hydrogen-bond acceptors (Lipinski definition) is 6. The monoisotopic (exact) mass is 556 g/mol.